The minimum absolute atomic E-state index is 0.219. The molecule has 0 fully saturated rings. The Morgan fingerprint density at radius 1 is 1.44 bits per heavy atom. The van der Waals surface area contributed by atoms with Crippen molar-refractivity contribution in [3.05, 3.63) is 36.3 Å². The minimum atomic E-state index is -0.865. The van der Waals surface area contributed by atoms with E-state index < -0.39 is 11.9 Å². The number of carbonyl (C=O) groups excluding carboxylic acids is 1. The third kappa shape index (κ3) is 2.13. The first-order chi connectivity index (χ1) is 7.66. The van der Waals surface area contributed by atoms with Crippen molar-refractivity contribution in [1.29, 1.82) is 0 Å². The van der Waals surface area contributed by atoms with Crippen LogP contribution in [-0.2, 0) is 4.79 Å². The number of amides is 1. The number of hydrogen-bond acceptors (Lipinski definition) is 3. The predicted molar refractivity (Wildman–Crippen MR) is 54.8 cm³/mol. The van der Waals surface area contributed by atoms with Crippen LogP contribution in [0.3, 0.4) is 0 Å². The van der Waals surface area contributed by atoms with Crippen molar-refractivity contribution >= 4 is 11.9 Å². The molecule has 0 radical (unpaired) electrons. The summed E-state index contributed by atoms with van der Waals surface area (Å²) in [5.74, 6) is -1.62. The summed E-state index contributed by atoms with van der Waals surface area (Å²) < 4.78 is 4.79. The molecule has 0 aliphatic heterocycles. The summed E-state index contributed by atoms with van der Waals surface area (Å²) in [5, 5.41) is 11.5. The van der Waals surface area contributed by atoms with Crippen molar-refractivity contribution in [3.8, 4) is 0 Å². The number of aliphatic carboxylic acids is 1. The number of furan rings is 1. The smallest absolute Gasteiger partial charge is 0.310 e. The number of hydrogen-bond donors (Lipinski definition) is 2. The van der Waals surface area contributed by atoms with Crippen LogP contribution in [0.25, 0.3) is 0 Å². The van der Waals surface area contributed by atoms with Gasteiger partial charge in [-0.2, -0.15) is 0 Å². The van der Waals surface area contributed by atoms with E-state index in [-0.39, 0.29) is 11.9 Å². The molecule has 0 saturated carbocycles. The summed E-state index contributed by atoms with van der Waals surface area (Å²) in [7, 11) is 0. The fourth-order valence-electron chi connectivity index (χ4n) is 1.63. The van der Waals surface area contributed by atoms with Crippen LogP contribution in [0.15, 0.2) is 35.2 Å². The maximum Gasteiger partial charge on any atom is 0.310 e. The first-order valence-electron chi connectivity index (χ1n) is 4.91. The maximum atomic E-state index is 11.6. The monoisotopic (exact) mass is 221 g/mol. The van der Waals surface area contributed by atoms with Crippen molar-refractivity contribution < 1.29 is 19.1 Å². The molecule has 1 heterocycles. The number of carbonyl (C=O) groups is 2. The van der Waals surface area contributed by atoms with E-state index >= 15 is 0 Å². The van der Waals surface area contributed by atoms with Gasteiger partial charge in [-0.25, -0.2) is 0 Å². The summed E-state index contributed by atoms with van der Waals surface area (Å²) in [6.45, 7) is 0. The fourth-order valence-corrected chi connectivity index (χ4v) is 1.63. The quantitative estimate of drug-likeness (QED) is 0.747. The van der Waals surface area contributed by atoms with Crippen molar-refractivity contribution in [1.82, 2.24) is 5.32 Å². The van der Waals surface area contributed by atoms with E-state index in [4.69, 9.17) is 9.52 Å². The molecule has 1 aliphatic rings. The average molecular weight is 221 g/mol. The Morgan fingerprint density at radius 2 is 2.25 bits per heavy atom. The van der Waals surface area contributed by atoms with Crippen molar-refractivity contribution in [3.63, 3.8) is 0 Å². The van der Waals surface area contributed by atoms with E-state index in [1.54, 1.807) is 18.2 Å². The van der Waals surface area contributed by atoms with Crippen LogP contribution in [0.2, 0.25) is 0 Å². The van der Waals surface area contributed by atoms with Gasteiger partial charge in [0.15, 0.2) is 0 Å². The Bertz CT molecular complexity index is 421. The molecule has 0 aromatic carbocycles. The first-order valence-corrected chi connectivity index (χ1v) is 4.91. The second-order valence-corrected chi connectivity index (χ2v) is 3.66. The highest BCUT2D eigenvalue weighted by molar-refractivity contribution is 5.94. The lowest BCUT2D eigenvalue weighted by Crippen LogP contribution is -2.33. The van der Waals surface area contributed by atoms with Crippen LogP contribution in [0, 0.1) is 5.92 Å². The standard InChI is InChI=1S/C11H11NO4/c13-10(8-3-4-16-6-8)12-9-2-1-7(5-9)11(14)15/h1-4,6-7,9H,5H2,(H,12,13)(H,14,15). The van der Waals surface area contributed by atoms with Crippen LogP contribution in [0.4, 0.5) is 0 Å². The Hall–Kier alpha value is -2.04. The molecule has 5 heteroatoms. The Morgan fingerprint density at radius 3 is 2.81 bits per heavy atom. The van der Waals surface area contributed by atoms with Gasteiger partial charge < -0.3 is 14.8 Å². The second-order valence-electron chi connectivity index (χ2n) is 3.66. The van der Waals surface area contributed by atoms with E-state index in [2.05, 4.69) is 5.32 Å². The Labute approximate surface area is 91.8 Å². The number of carboxylic acid groups (broad SMARTS) is 1. The van der Waals surface area contributed by atoms with Gasteiger partial charge in [0, 0.05) is 6.04 Å². The predicted octanol–water partition coefficient (Wildman–Crippen LogP) is 1.04. The summed E-state index contributed by atoms with van der Waals surface area (Å²) in [5.41, 5.74) is 0.437. The molecule has 0 saturated heterocycles. The molecule has 1 amide bonds. The molecule has 0 bridgehead atoms. The summed E-state index contributed by atoms with van der Waals surface area (Å²) >= 11 is 0. The van der Waals surface area contributed by atoms with Crippen LogP contribution >= 0.6 is 0 Å². The lowest BCUT2D eigenvalue weighted by atomic mass is 10.1. The van der Waals surface area contributed by atoms with Gasteiger partial charge in [0.1, 0.15) is 6.26 Å². The van der Waals surface area contributed by atoms with Gasteiger partial charge in [0.2, 0.25) is 0 Å². The third-order valence-corrected chi connectivity index (χ3v) is 2.50. The van der Waals surface area contributed by atoms with Gasteiger partial charge in [-0.05, 0) is 12.5 Å². The topological polar surface area (TPSA) is 79.5 Å². The van der Waals surface area contributed by atoms with E-state index in [1.165, 1.54) is 12.5 Å². The molecule has 2 rings (SSSR count). The Balaban J connectivity index is 1.91. The zero-order chi connectivity index (χ0) is 11.5. The molecule has 5 nitrogen and oxygen atoms in total. The highest BCUT2D eigenvalue weighted by atomic mass is 16.4. The largest absolute Gasteiger partial charge is 0.481 e. The zero-order valence-electron chi connectivity index (χ0n) is 8.42. The molecule has 16 heavy (non-hydrogen) atoms. The molecule has 2 unspecified atom stereocenters. The van der Waals surface area contributed by atoms with E-state index in [9.17, 15) is 9.59 Å². The van der Waals surface area contributed by atoms with Gasteiger partial charge in [0.05, 0.1) is 17.7 Å². The fraction of sp³-hybridized carbons (Fsp3) is 0.273. The van der Waals surface area contributed by atoms with Crippen molar-refractivity contribution in [2.75, 3.05) is 0 Å². The highest BCUT2D eigenvalue weighted by Crippen LogP contribution is 2.18. The number of rotatable bonds is 3. The Kier molecular flexibility index (Phi) is 2.76. The van der Waals surface area contributed by atoms with Gasteiger partial charge in [-0.1, -0.05) is 12.2 Å². The SMILES string of the molecule is O=C(NC1C=CC(C(=O)O)C1)c1ccoc1. The van der Waals surface area contributed by atoms with Gasteiger partial charge in [-0.15, -0.1) is 0 Å². The first kappa shape index (κ1) is 10.5. The molecule has 1 aromatic heterocycles. The molecular weight excluding hydrogens is 210 g/mol. The van der Waals surface area contributed by atoms with Crippen LogP contribution in [0.5, 0.6) is 0 Å². The molecule has 2 atom stereocenters. The van der Waals surface area contributed by atoms with E-state index in [1.807, 2.05) is 0 Å². The highest BCUT2D eigenvalue weighted by Gasteiger charge is 2.25. The van der Waals surface area contributed by atoms with Crippen molar-refractivity contribution in [2.24, 2.45) is 5.92 Å². The summed E-state index contributed by atoms with van der Waals surface area (Å²) in [4.78, 5) is 22.3. The second kappa shape index (κ2) is 4.22. The molecule has 1 aliphatic carbocycles. The normalized spacial score (nSPS) is 23.2. The van der Waals surface area contributed by atoms with Gasteiger partial charge >= 0.3 is 5.97 Å². The molecule has 84 valence electrons. The average Bonchev–Trinajstić information content (AvgIpc) is 2.87. The van der Waals surface area contributed by atoms with Crippen LogP contribution in [-0.4, -0.2) is 23.0 Å². The molecule has 1 aromatic rings. The van der Waals surface area contributed by atoms with Crippen molar-refractivity contribution in [2.45, 2.75) is 12.5 Å². The number of nitrogens with one attached hydrogen (secondary N) is 1. The lowest BCUT2D eigenvalue weighted by Gasteiger charge is -2.10. The maximum absolute atomic E-state index is 11.6. The molecule has 0 spiro atoms. The zero-order valence-corrected chi connectivity index (χ0v) is 8.42. The molecule has 2 N–H and O–H groups in total. The minimum Gasteiger partial charge on any atom is -0.481 e. The van der Waals surface area contributed by atoms with Gasteiger partial charge in [-0.3, -0.25) is 9.59 Å². The van der Waals surface area contributed by atoms with E-state index in [0.29, 0.717) is 12.0 Å². The summed E-state index contributed by atoms with van der Waals surface area (Å²) in [6.07, 6.45) is 6.47. The number of carboxylic acids is 1. The lowest BCUT2D eigenvalue weighted by molar-refractivity contribution is -0.140. The van der Waals surface area contributed by atoms with Crippen LogP contribution in [0.1, 0.15) is 16.8 Å². The van der Waals surface area contributed by atoms with Crippen LogP contribution < -0.4 is 5.32 Å². The third-order valence-electron chi connectivity index (χ3n) is 2.50. The molecular formula is C11H11NO4. The van der Waals surface area contributed by atoms with E-state index in [0.717, 1.165) is 0 Å². The summed E-state index contributed by atoms with van der Waals surface area (Å²) in [6, 6.07) is 1.34. The van der Waals surface area contributed by atoms with Gasteiger partial charge in [0.25, 0.3) is 5.91 Å².